The van der Waals surface area contributed by atoms with E-state index in [0.717, 1.165) is 36.2 Å². The van der Waals surface area contributed by atoms with Crippen LogP contribution in [0.25, 0.3) is 0 Å². The van der Waals surface area contributed by atoms with Crippen LogP contribution < -0.4 is 5.73 Å². The SMILES string of the molecule is COCCCN(C)Cc1ccc(CN)cc1Br. The molecule has 4 heteroatoms. The zero-order valence-corrected chi connectivity index (χ0v) is 12.2. The zero-order chi connectivity index (χ0) is 12.7. The van der Waals surface area contributed by atoms with Gasteiger partial charge in [0.05, 0.1) is 0 Å². The van der Waals surface area contributed by atoms with Crippen molar-refractivity contribution in [2.24, 2.45) is 5.73 Å². The third-order valence-electron chi connectivity index (χ3n) is 2.68. The first-order valence-corrected chi connectivity index (χ1v) is 6.61. The van der Waals surface area contributed by atoms with Crippen molar-refractivity contribution in [3.8, 4) is 0 Å². The van der Waals surface area contributed by atoms with Gasteiger partial charge in [-0.3, -0.25) is 0 Å². The maximum absolute atomic E-state index is 5.61. The van der Waals surface area contributed by atoms with Crippen molar-refractivity contribution in [1.82, 2.24) is 4.90 Å². The van der Waals surface area contributed by atoms with Gasteiger partial charge in [0.1, 0.15) is 0 Å². The zero-order valence-electron chi connectivity index (χ0n) is 10.6. The number of nitrogens with zero attached hydrogens (tertiary/aromatic N) is 1. The van der Waals surface area contributed by atoms with E-state index in [0.29, 0.717) is 6.54 Å². The lowest BCUT2D eigenvalue weighted by Crippen LogP contribution is -2.20. The van der Waals surface area contributed by atoms with Crippen LogP contribution in [0.4, 0.5) is 0 Å². The number of methoxy groups -OCH3 is 1. The highest BCUT2D eigenvalue weighted by Crippen LogP contribution is 2.19. The number of rotatable bonds is 7. The number of benzene rings is 1. The second-order valence-corrected chi connectivity index (χ2v) is 5.07. The Labute approximate surface area is 112 Å². The molecule has 1 aromatic carbocycles. The van der Waals surface area contributed by atoms with E-state index in [1.807, 2.05) is 0 Å². The molecule has 0 spiro atoms. The predicted octanol–water partition coefficient (Wildman–Crippen LogP) is 2.38. The van der Waals surface area contributed by atoms with Crippen LogP contribution in [-0.2, 0) is 17.8 Å². The summed E-state index contributed by atoms with van der Waals surface area (Å²) in [5.74, 6) is 0. The lowest BCUT2D eigenvalue weighted by atomic mass is 10.1. The first-order chi connectivity index (χ1) is 8.17. The normalized spacial score (nSPS) is 11.1. The first-order valence-electron chi connectivity index (χ1n) is 5.82. The van der Waals surface area contributed by atoms with Crippen LogP contribution in [0.2, 0.25) is 0 Å². The molecule has 0 unspecified atom stereocenters. The summed E-state index contributed by atoms with van der Waals surface area (Å²) >= 11 is 3.59. The molecular formula is C13H21BrN2O. The number of hydrogen-bond donors (Lipinski definition) is 1. The van der Waals surface area contributed by atoms with Gasteiger partial charge in [-0.05, 0) is 30.7 Å². The second-order valence-electron chi connectivity index (χ2n) is 4.21. The maximum Gasteiger partial charge on any atom is 0.0474 e. The molecule has 0 heterocycles. The molecule has 3 nitrogen and oxygen atoms in total. The average molecular weight is 301 g/mol. The summed E-state index contributed by atoms with van der Waals surface area (Å²) in [7, 11) is 3.86. The van der Waals surface area contributed by atoms with Crippen LogP contribution in [0, 0.1) is 0 Å². The molecule has 0 bridgehead atoms. The summed E-state index contributed by atoms with van der Waals surface area (Å²) in [4.78, 5) is 2.29. The van der Waals surface area contributed by atoms with Gasteiger partial charge in [0.15, 0.2) is 0 Å². The number of ether oxygens (including phenoxy) is 1. The van der Waals surface area contributed by atoms with E-state index in [4.69, 9.17) is 10.5 Å². The molecule has 0 aliphatic rings. The second kappa shape index (κ2) is 7.82. The summed E-state index contributed by atoms with van der Waals surface area (Å²) in [5.41, 5.74) is 8.05. The number of nitrogens with two attached hydrogens (primary N) is 1. The standard InChI is InChI=1S/C13H21BrN2O/c1-16(6-3-7-17-2)10-12-5-4-11(9-15)8-13(12)14/h4-5,8H,3,6-7,9-10,15H2,1-2H3. The van der Waals surface area contributed by atoms with Crippen LogP contribution in [-0.4, -0.2) is 32.2 Å². The minimum absolute atomic E-state index is 0.586. The Morgan fingerprint density at radius 3 is 2.76 bits per heavy atom. The van der Waals surface area contributed by atoms with E-state index >= 15 is 0 Å². The topological polar surface area (TPSA) is 38.5 Å². The van der Waals surface area contributed by atoms with E-state index in [1.54, 1.807) is 7.11 Å². The molecule has 1 rings (SSSR count). The monoisotopic (exact) mass is 300 g/mol. The highest BCUT2D eigenvalue weighted by atomic mass is 79.9. The highest BCUT2D eigenvalue weighted by molar-refractivity contribution is 9.10. The van der Waals surface area contributed by atoms with Crippen molar-refractivity contribution in [2.45, 2.75) is 19.5 Å². The van der Waals surface area contributed by atoms with Crippen LogP contribution in [0.15, 0.2) is 22.7 Å². The smallest absolute Gasteiger partial charge is 0.0474 e. The molecule has 0 aliphatic heterocycles. The fourth-order valence-electron chi connectivity index (χ4n) is 1.69. The molecule has 0 aliphatic carbocycles. The van der Waals surface area contributed by atoms with Crippen LogP contribution in [0.1, 0.15) is 17.5 Å². The molecule has 0 saturated carbocycles. The summed E-state index contributed by atoms with van der Waals surface area (Å²) in [6.45, 7) is 3.38. The average Bonchev–Trinajstić information content (AvgIpc) is 2.32. The van der Waals surface area contributed by atoms with Gasteiger partial charge in [0.2, 0.25) is 0 Å². The molecule has 96 valence electrons. The quantitative estimate of drug-likeness (QED) is 0.786. The highest BCUT2D eigenvalue weighted by Gasteiger charge is 2.04. The molecule has 0 fully saturated rings. The summed E-state index contributed by atoms with van der Waals surface area (Å²) in [6.07, 6.45) is 1.06. The van der Waals surface area contributed by atoms with E-state index in [9.17, 15) is 0 Å². The minimum atomic E-state index is 0.586. The van der Waals surface area contributed by atoms with Crippen molar-refractivity contribution < 1.29 is 4.74 Å². The van der Waals surface area contributed by atoms with Gasteiger partial charge >= 0.3 is 0 Å². The molecule has 0 aromatic heterocycles. The summed E-state index contributed by atoms with van der Waals surface area (Å²) < 4.78 is 6.18. The van der Waals surface area contributed by atoms with Crippen LogP contribution in [0.5, 0.6) is 0 Å². The van der Waals surface area contributed by atoms with Gasteiger partial charge in [-0.25, -0.2) is 0 Å². The Kier molecular flexibility index (Phi) is 6.73. The molecule has 17 heavy (non-hydrogen) atoms. The number of halogens is 1. The first kappa shape index (κ1) is 14.6. The van der Waals surface area contributed by atoms with Gasteiger partial charge in [-0.15, -0.1) is 0 Å². The lowest BCUT2D eigenvalue weighted by molar-refractivity contribution is 0.178. The predicted molar refractivity (Wildman–Crippen MR) is 74.9 cm³/mol. The van der Waals surface area contributed by atoms with Gasteiger partial charge in [-0.2, -0.15) is 0 Å². The van der Waals surface area contributed by atoms with E-state index in [1.165, 1.54) is 5.56 Å². The van der Waals surface area contributed by atoms with Gasteiger partial charge in [-0.1, -0.05) is 28.1 Å². The third-order valence-corrected chi connectivity index (χ3v) is 3.42. The fraction of sp³-hybridized carbons (Fsp3) is 0.538. The maximum atomic E-state index is 5.61. The Morgan fingerprint density at radius 2 is 2.18 bits per heavy atom. The van der Waals surface area contributed by atoms with Gasteiger partial charge in [0.25, 0.3) is 0 Å². The van der Waals surface area contributed by atoms with E-state index in [2.05, 4.69) is 46.1 Å². The molecule has 0 amide bonds. The number of hydrogen-bond acceptors (Lipinski definition) is 3. The molecule has 0 saturated heterocycles. The fourth-order valence-corrected chi connectivity index (χ4v) is 2.25. The lowest BCUT2D eigenvalue weighted by Gasteiger charge is -2.17. The van der Waals surface area contributed by atoms with Crippen molar-refractivity contribution >= 4 is 15.9 Å². The third kappa shape index (κ3) is 5.17. The summed E-state index contributed by atoms with van der Waals surface area (Å²) in [6, 6.07) is 6.32. The Bertz CT molecular complexity index is 344. The van der Waals surface area contributed by atoms with Crippen molar-refractivity contribution in [1.29, 1.82) is 0 Å². The van der Waals surface area contributed by atoms with Crippen molar-refractivity contribution in [3.05, 3.63) is 33.8 Å². The summed E-state index contributed by atoms with van der Waals surface area (Å²) in [5, 5.41) is 0. The molecular weight excluding hydrogens is 280 g/mol. The molecule has 2 N–H and O–H groups in total. The Balaban J connectivity index is 2.50. The molecule has 0 radical (unpaired) electrons. The van der Waals surface area contributed by atoms with Gasteiger partial charge < -0.3 is 15.4 Å². The van der Waals surface area contributed by atoms with Gasteiger partial charge in [0, 0.05) is 37.8 Å². The molecule has 0 atom stereocenters. The Morgan fingerprint density at radius 1 is 1.41 bits per heavy atom. The van der Waals surface area contributed by atoms with Crippen LogP contribution in [0.3, 0.4) is 0 Å². The van der Waals surface area contributed by atoms with Crippen molar-refractivity contribution in [2.75, 3.05) is 27.3 Å². The van der Waals surface area contributed by atoms with E-state index < -0.39 is 0 Å². The molecule has 1 aromatic rings. The van der Waals surface area contributed by atoms with Crippen LogP contribution >= 0.6 is 15.9 Å². The minimum Gasteiger partial charge on any atom is -0.385 e. The Hall–Kier alpha value is -0.420. The van der Waals surface area contributed by atoms with E-state index in [-0.39, 0.29) is 0 Å². The van der Waals surface area contributed by atoms with Crippen molar-refractivity contribution in [3.63, 3.8) is 0 Å². The largest absolute Gasteiger partial charge is 0.385 e.